The van der Waals surface area contributed by atoms with Gasteiger partial charge in [-0.05, 0) is 73.8 Å². The van der Waals surface area contributed by atoms with Gasteiger partial charge in [0.25, 0.3) is 5.91 Å². The van der Waals surface area contributed by atoms with E-state index in [1.807, 2.05) is 30.8 Å². The molecular weight excluding hydrogens is 450 g/mol. The Balaban J connectivity index is 1.55. The summed E-state index contributed by atoms with van der Waals surface area (Å²) in [6.07, 6.45) is 2.89. The molecular formula is C26H29N3O2S2. The van der Waals surface area contributed by atoms with Crippen LogP contribution >= 0.6 is 23.1 Å². The molecule has 7 heteroatoms. The number of carbonyl (C=O) groups is 1. The number of likely N-dealkylation sites (tertiary alicyclic amines) is 1. The van der Waals surface area contributed by atoms with Gasteiger partial charge in [-0.15, -0.1) is 11.8 Å². The van der Waals surface area contributed by atoms with Crippen LogP contribution in [0.1, 0.15) is 45.4 Å². The Labute approximate surface area is 202 Å². The number of thioether (sulfide) groups is 1. The number of aryl methyl sites for hydroxylation is 1. The smallest absolute Gasteiger partial charge is 0.257 e. The van der Waals surface area contributed by atoms with Crippen LogP contribution in [-0.4, -0.2) is 42.1 Å². The maximum Gasteiger partial charge on any atom is 0.257 e. The summed E-state index contributed by atoms with van der Waals surface area (Å²) in [7, 11) is 2.12. The van der Waals surface area contributed by atoms with Crippen LogP contribution in [0.4, 0.5) is 0 Å². The van der Waals surface area contributed by atoms with Crippen molar-refractivity contribution in [3.8, 4) is 5.69 Å². The molecule has 2 aliphatic rings. The van der Waals surface area contributed by atoms with Crippen molar-refractivity contribution in [2.24, 2.45) is 5.92 Å². The lowest BCUT2D eigenvalue weighted by Crippen LogP contribution is -2.40. The van der Waals surface area contributed by atoms with Crippen molar-refractivity contribution >= 4 is 29.0 Å². The normalized spacial score (nSPS) is 20.5. The summed E-state index contributed by atoms with van der Waals surface area (Å²) in [6.45, 7) is 4.65. The number of fused-ring (bicyclic) bond motifs is 3. The van der Waals surface area contributed by atoms with Crippen LogP contribution < -0.4 is 10.7 Å². The van der Waals surface area contributed by atoms with Crippen LogP contribution in [-0.2, 0) is 6.42 Å². The molecule has 1 amide bonds. The van der Waals surface area contributed by atoms with Gasteiger partial charge in [0.2, 0.25) is 0 Å². The molecule has 2 aliphatic heterocycles. The molecule has 0 bridgehead atoms. The number of amides is 1. The molecule has 1 N–H and O–H groups in total. The number of hydrogen-bond donors (Lipinski definition) is 1. The molecule has 33 heavy (non-hydrogen) atoms. The fourth-order valence-electron chi connectivity index (χ4n) is 5.09. The average molecular weight is 480 g/mol. The third-order valence-electron chi connectivity index (χ3n) is 6.67. The van der Waals surface area contributed by atoms with Gasteiger partial charge in [0.05, 0.1) is 5.69 Å². The second-order valence-corrected chi connectivity index (χ2v) is 11.1. The molecule has 1 saturated heterocycles. The molecule has 1 fully saturated rings. The van der Waals surface area contributed by atoms with Crippen LogP contribution in [0.5, 0.6) is 0 Å². The van der Waals surface area contributed by atoms with Crippen LogP contribution in [0.25, 0.3) is 5.69 Å². The quantitative estimate of drug-likeness (QED) is 0.591. The molecule has 0 saturated carbocycles. The minimum atomic E-state index is -0.245. The van der Waals surface area contributed by atoms with Crippen LogP contribution in [0, 0.1) is 12.8 Å². The van der Waals surface area contributed by atoms with Crippen molar-refractivity contribution in [1.29, 1.82) is 0 Å². The van der Waals surface area contributed by atoms with Gasteiger partial charge in [-0.2, -0.15) is 11.3 Å². The summed E-state index contributed by atoms with van der Waals surface area (Å²) < 4.78 is 2.12. The molecule has 5 rings (SSSR count). The van der Waals surface area contributed by atoms with Crippen LogP contribution in [0.15, 0.2) is 56.8 Å². The lowest BCUT2D eigenvalue weighted by Gasteiger charge is -2.29. The minimum absolute atomic E-state index is 0.144. The second kappa shape index (κ2) is 9.49. The molecule has 1 aromatic carbocycles. The zero-order chi connectivity index (χ0) is 22.9. The van der Waals surface area contributed by atoms with Gasteiger partial charge in [-0.25, -0.2) is 0 Å². The van der Waals surface area contributed by atoms with Gasteiger partial charge in [0.1, 0.15) is 5.56 Å². The first-order chi connectivity index (χ1) is 16.0. The second-order valence-electron chi connectivity index (χ2n) is 9.12. The predicted octanol–water partition coefficient (Wildman–Crippen LogP) is 4.67. The van der Waals surface area contributed by atoms with Gasteiger partial charge in [0, 0.05) is 47.1 Å². The number of nitrogens with zero attached hydrogens (tertiary/aromatic N) is 2. The monoisotopic (exact) mass is 479 g/mol. The highest BCUT2D eigenvalue weighted by atomic mass is 32.2. The lowest BCUT2D eigenvalue weighted by molar-refractivity contribution is 0.0934. The maximum atomic E-state index is 13.4. The van der Waals surface area contributed by atoms with Crippen molar-refractivity contribution in [1.82, 2.24) is 14.8 Å². The summed E-state index contributed by atoms with van der Waals surface area (Å²) in [5.74, 6) is 0.180. The minimum Gasteiger partial charge on any atom is -0.352 e. The molecule has 0 aliphatic carbocycles. The molecule has 2 atom stereocenters. The van der Waals surface area contributed by atoms with E-state index in [2.05, 4.69) is 50.8 Å². The third kappa shape index (κ3) is 4.54. The molecule has 0 radical (unpaired) electrons. The van der Waals surface area contributed by atoms with E-state index in [1.54, 1.807) is 17.4 Å². The molecule has 3 aromatic rings. The van der Waals surface area contributed by atoms with E-state index in [-0.39, 0.29) is 16.6 Å². The van der Waals surface area contributed by atoms with E-state index >= 15 is 0 Å². The summed E-state index contributed by atoms with van der Waals surface area (Å²) >= 11 is 3.49. The van der Waals surface area contributed by atoms with E-state index in [0.29, 0.717) is 24.4 Å². The van der Waals surface area contributed by atoms with Crippen molar-refractivity contribution in [2.75, 3.05) is 26.7 Å². The largest absolute Gasteiger partial charge is 0.352 e. The SMILES string of the molecule is Cc1cc(=O)c(C(=O)NCC2CCCN(C)C2)c2n1-c1ccccc1SC(c1ccsc1)C2. The number of pyridine rings is 1. The molecule has 0 spiro atoms. The number of para-hydroxylation sites is 1. The third-order valence-corrected chi connectivity index (χ3v) is 8.69. The topological polar surface area (TPSA) is 54.3 Å². The van der Waals surface area contributed by atoms with Crippen molar-refractivity contribution in [3.63, 3.8) is 0 Å². The number of thiophene rings is 1. The standard InChI is InChI=1S/C26H29N3O2S2/c1-17-12-22(30)25(26(31)27-14-18-6-5-10-28(2)15-18)21-13-24(19-9-11-32-16-19)33-23-8-4-3-7-20(23)29(17)21/h3-4,7-9,11-12,16,18,24H,5-6,10,13-15H2,1-2H3,(H,27,31). The number of piperidine rings is 1. The average Bonchev–Trinajstić information content (AvgIpc) is 3.27. The highest BCUT2D eigenvalue weighted by Crippen LogP contribution is 2.44. The number of benzene rings is 1. The van der Waals surface area contributed by atoms with Crippen LogP contribution in [0.2, 0.25) is 0 Å². The van der Waals surface area contributed by atoms with Gasteiger partial charge in [-0.1, -0.05) is 12.1 Å². The highest BCUT2D eigenvalue weighted by Gasteiger charge is 2.29. The van der Waals surface area contributed by atoms with E-state index in [0.717, 1.165) is 47.9 Å². The predicted molar refractivity (Wildman–Crippen MR) is 136 cm³/mol. The highest BCUT2D eigenvalue weighted by molar-refractivity contribution is 7.99. The number of rotatable bonds is 4. The first-order valence-corrected chi connectivity index (χ1v) is 13.3. The lowest BCUT2D eigenvalue weighted by atomic mass is 9.98. The van der Waals surface area contributed by atoms with Gasteiger partial charge >= 0.3 is 0 Å². The summed E-state index contributed by atoms with van der Waals surface area (Å²) in [5, 5.41) is 7.51. The first-order valence-electron chi connectivity index (χ1n) is 11.5. The summed E-state index contributed by atoms with van der Waals surface area (Å²) in [6, 6.07) is 12.0. The molecule has 172 valence electrons. The number of hydrogen-bond acceptors (Lipinski definition) is 5. The Bertz CT molecular complexity index is 1220. The molecule has 2 unspecified atom stereocenters. The molecule has 2 aromatic heterocycles. The van der Waals surface area contributed by atoms with Gasteiger partial charge < -0.3 is 14.8 Å². The summed E-state index contributed by atoms with van der Waals surface area (Å²) in [4.78, 5) is 30.1. The first kappa shape index (κ1) is 22.4. The Morgan fingerprint density at radius 1 is 1.24 bits per heavy atom. The number of nitrogens with one attached hydrogen (secondary N) is 1. The zero-order valence-corrected chi connectivity index (χ0v) is 20.7. The maximum absolute atomic E-state index is 13.4. The van der Waals surface area contributed by atoms with Crippen LogP contribution in [0.3, 0.4) is 0 Å². The summed E-state index contributed by atoms with van der Waals surface area (Å²) in [5.41, 5.74) is 4.05. The van der Waals surface area contributed by atoms with Gasteiger partial charge in [-0.3, -0.25) is 9.59 Å². The molecule has 5 nitrogen and oxygen atoms in total. The Kier molecular flexibility index (Phi) is 6.45. The van der Waals surface area contributed by atoms with Crippen molar-refractivity contribution in [3.05, 3.63) is 79.9 Å². The fraction of sp³-hybridized carbons (Fsp3) is 0.385. The van der Waals surface area contributed by atoms with Gasteiger partial charge in [0.15, 0.2) is 5.43 Å². The number of carbonyl (C=O) groups excluding carboxylic acids is 1. The fourth-order valence-corrected chi connectivity index (χ4v) is 7.15. The Morgan fingerprint density at radius 3 is 2.88 bits per heavy atom. The number of aromatic nitrogens is 1. The van der Waals surface area contributed by atoms with E-state index < -0.39 is 0 Å². The molecule has 4 heterocycles. The van der Waals surface area contributed by atoms with E-state index in [9.17, 15) is 9.59 Å². The van der Waals surface area contributed by atoms with Crippen molar-refractivity contribution < 1.29 is 4.79 Å². The zero-order valence-electron chi connectivity index (χ0n) is 19.0. The Hall–Kier alpha value is -2.35. The van der Waals surface area contributed by atoms with E-state index in [4.69, 9.17) is 0 Å². The Morgan fingerprint density at radius 2 is 2.09 bits per heavy atom. The van der Waals surface area contributed by atoms with Crippen molar-refractivity contribution in [2.45, 2.75) is 36.3 Å². The van der Waals surface area contributed by atoms with E-state index in [1.165, 1.54) is 5.56 Å².